The minimum atomic E-state index is -0.393. The van der Waals surface area contributed by atoms with Crippen LogP contribution in [0.25, 0.3) is 0 Å². The van der Waals surface area contributed by atoms with Gasteiger partial charge in [-0.05, 0) is 36.5 Å². The molecule has 0 radical (unpaired) electrons. The highest BCUT2D eigenvalue weighted by Crippen LogP contribution is 2.45. The fourth-order valence-electron chi connectivity index (χ4n) is 5.02. The summed E-state index contributed by atoms with van der Waals surface area (Å²) in [5.41, 5.74) is 2.20. The van der Waals surface area contributed by atoms with Crippen molar-refractivity contribution in [3.05, 3.63) is 69.6 Å². The van der Waals surface area contributed by atoms with Crippen LogP contribution in [-0.2, 0) is 18.2 Å². The van der Waals surface area contributed by atoms with Crippen LogP contribution in [0, 0.1) is 5.92 Å². The molecule has 2 amide bonds. The summed E-state index contributed by atoms with van der Waals surface area (Å²) in [6.07, 6.45) is 1.77. The van der Waals surface area contributed by atoms with Crippen LogP contribution in [0.1, 0.15) is 40.5 Å². The van der Waals surface area contributed by atoms with E-state index in [-0.39, 0.29) is 23.6 Å². The summed E-state index contributed by atoms with van der Waals surface area (Å²) >= 11 is 0. The number of amides is 2. The van der Waals surface area contributed by atoms with E-state index in [0.29, 0.717) is 25.4 Å². The number of pyridine rings is 1. The third kappa shape index (κ3) is 2.92. The maximum absolute atomic E-state index is 13.1. The number of nitrogens with one attached hydrogen (secondary N) is 1. The van der Waals surface area contributed by atoms with Crippen LogP contribution in [0.2, 0.25) is 0 Å². The Balaban J connectivity index is 1.39. The Morgan fingerprint density at radius 1 is 1.10 bits per heavy atom. The fourth-order valence-corrected chi connectivity index (χ4v) is 5.02. The Kier molecular flexibility index (Phi) is 4.01. The van der Waals surface area contributed by atoms with Gasteiger partial charge in [-0.1, -0.05) is 24.3 Å². The van der Waals surface area contributed by atoms with Gasteiger partial charge >= 0.3 is 6.09 Å². The summed E-state index contributed by atoms with van der Waals surface area (Å²) in [5.74, 6) is 0.331. The molecule has 1 saturated heterocycles. The van der Waals surface area contributed by atoms with E-state index in [0.717, 1.165) is 29.7 Å². The Morgan fingerprint density at radius 3 is 2.66 bits per heavy atom. The quantitative estimate of drug-likeness (QED) is 0.862. The van der Waals surface area contributed by atoms with Gasteiger partial charge in [0, 0.05) is 37.3 Å². The molecule has 1 N–H and O–H groups in total. The van der Waals surface area contributed by atoms with Crippen LogP contribution in [0.15, 0.2) is 47.3 Å². The van der Waals surface area contributed by atoms with Crippen molar-refractivity contribution in [2.75, 3.05) is 13.1 Å². The molecule has 7 heteroatoms. The number of carbonyl (C=O) groups excluding carboxylic acids is 2. The van der Waals surface area contributed by atoms with E-state index < -0.39 is 5.60 Å². The molecule has 0 bridgehead atoms. The van der Waals surface area contributed by atoms with Crippen molar-refractivity contribution in [1.29, 1.82) is 0 Å². The van der Waals surface area contributed by atoms with Gasteiger partial charge in [-0.25, -0.2) is 4.79 Å². The van der Waals surface area contributed by atoms with Crippen molar-refractivity contribution in [2.45, 2.75) is 30.9 Å². The summed E-state index contributed by atoms with van der Waals surface area (Å²) in [6, 6.07) is 12.9. The van der Waals surface area contributed by atoms with Crippen molar-refractivity contribution in [3.8, 4) is 0 Å². The molecule has 1 unspecified atom stereocenters. The minimum absolute atomic E-state index is 0.0361. The largest absolute Gasteiger partial charge is 0.441 e. The van der Waals surface area contributed by atoms with Gasteiger partial charge in [-0.15, -0.1) is 0 Å². The van der Waals surface area contributed by atoms with Crippen molar-refractivity contribution in [2.24, 2.45) is 13.0 Å². The van der Waals surface area contributed by atoms with Crippen LogP contribution < -0.4 is 10.9 Å². The molecule has 1 aromatic carbocycles. The molecule has 2 aliphatic heterocycles. The smallest absolute Gasteiger partial charge is 0.407 e. The van der Waals surface area contributed by atoms with Crippen LogP contribution in [0.3, 0.4) is 0 Å². The predicted octanol–water partition coefficient (Wildman–Crippen LogP) is 2.01. The Labute approximate surface area is 168 Å². The first kappa shape index (κ1) is 18.0. The molecule has 1 saturated carbocycles. The van der Waals surface area contributed by atoms with Crippen molar-refractivity contribution < 1.29 is 14.3 Å². The third-order valence-corrected chi connectivity index (χ3v) is 6.52. The molecule has 2 aromatic rings. The first-order valence-electron chi connectivity index (χ1n) is 9.97. The van der Waals surface area contributed by atoms with E-state index in [4.69, 9.17) is 4.74 Å². The molecule has 3 heterocycles. The molecule has 150 valence electrons. The highest BCUT2D eigenvalue weighted by Gasteiger charge is 2.52. The number of ether oxygens (including phenoxy) is 1. The molecule has 2 fully saturated rings. The number of hydrogen-bond donors (Lipinski definition) is 1. The second-order valence-corrected chi connectivity index (χ2v) is 8.38. The summed E-state index contributed by atoms with van der Waals surface area (Å²) in [6.45, 7) is 1.17. The lowest BCUT2D eigenvalue weighted by molar-refractivity contribution is -0.0555. The SMILES string of the molecule is Cn1c(CC2c3ccccc3C(=O)N2CC2CC3(CNC(=O)O3)C2)cccc1=O. The van der Waals surface area contributed by atoms with Crippen molar-refractivity contribution in [3.63, 3.8) is 0 Å². The normalized spacial score (nSPS) is 27.6. The number of rotatable bonds is 4. The predicted molar refractivity (Wildman–Crippen MR) is 106 cm³/mol. The molecule has 7 nitrogen and oxygen atoms in total. The zero-order valence-corrected chi connectivity index (χ0v) is 16.3. The molecule has 29 heavy (non-hydrogen) atoms. The van der Waals surface area contributed by atoms with Crippen molar-refractivity contribution >= 4 is 12.0 Å². The monoisotopic (exact) mass is 393 g/mol. The molecule has 1 aromatic heterocycles. The lowest BCUT2D eigenvalue weighted by Gasteiger charge is -2.44. The van der Waals surface area contributed by atoms with E-state index in [9.17, 15) is 14.4 Å². The first-order valence-corrected chi connectivity index (χ1v) is 9.97. The highest BCUT2D eigenvalue weighted by molar-refractivity contribution is 5.99. The Hall–Kier alpha value is -3.09. The third-order valence-electron chi connectivity index (χ3n) is 6.52. The summed E-state index contributed by atoms with van der Waals surface area (Å²) in [4.78, 5) is 38.5. The number of aromatic nitrogens is 1. The summed E-state index contributed by atoms with van der Waals surface area (Å²) in [7, 11) is 1.77. The standard InChI is InChI=1S/C22H23N3O4/c1-24-15(5-4-8-19(24)26)9-18-16-6-2-3-7-17(16)20(27)25(18)12-14-10-22(11-14)13-23-21(28)29-22/h2-8,14,18H,9-13H2,1H3,(H,23,28). The number of alkyl carbamates (subject to hydrolysis) is 1. The number of carbonyl (C=O) groups is 2. The lowest BCUT2D eigenvalue weighted by atomic mass is 9.70. The lowest BCUT2D eigenvalue weighted by Crippen LogP contribution is -2.51. The average molecular weight is 393 g/mol. The van der Waals surface area contributed by atoms with Crippen LogP contribution >= 0.6 is 0 Å². The molecular formula is C22H23N3O4. The topological polar surface area (TPSA) is 80.6 Å². The summed E-state index contributed by atoms with van der Waals surface area (Å²) < 4.78 is 7.07. The second kappa shape index (κ2) is 6.47. The van der Waals surface area contributed by atoms with E-state index in [1.165, 1.54) is 0 Å². The number of nitrogens with zero attached hydrogens (tertiary/aromatic N) is 2. The molecule has 1 spiro atoms. The Morgan fingerprint density at radius 2 is 1.90 bits per heavy atom. The number of hydrogen-bond acceptors (Lipinski definition) is 4. The van der Waals surface area contributed by atoms with E-state index in [1.54, 1.807) is 23.7 Å². The van der Waals surface area contributed by atoms with Gasteiger partial charge in [0.25, 0.3) is 5.91 Å². The van der Waals surface area contributed by atoms with Crippen LogP contribution in [-0.4, -0.2) is 40.2 Å². The maximum atomic E-state index is 13.1. The van der Waals surface area contributed by atoms with Gasteiger partial charge in [0.05, 0.1) is 12.6 Å². The van der Waals surface area contributed by atoms with Gasteiger partial charge in [0.15, 0.2) is 0 Å². The van der Waals surface area contributed by atoms with E-state index in [2.05, 4.69) is 5.32 Å². The number of benzene rings is 1. The van der Waals surface area contributed by atoms with Crippen LogP contribution in [0.4, 0.5) is 4.79 Å². The average Bonchev–Trinajstić information content (AvgIpc) is 3.19. The molecule has 1 aliphatic carbocycles. The van der Waals surface area contributed by atoms with Crippen LogP contribution in [0.5, 0.6) is 0 Å². The molecule has 5 rings (SSSR count). The van der Waals surface area contributed by atoms with Gasteiger partial charge in [0.1, 0.15) is 5.60 Å². The van der Waals surface area contributed by atoms with E-state index in [1.807, 2.05) is 35.2 Å². The second-order valence-electron chi connectivity index (χ2n) is 8.38. The molecular weight excluding hydrogens is 370 g/mol. The first-order chi connectivity index (χ1) is 14.0. The fraction of sp³-hybridized carbons (Fsp3) is 0.409. The van der Waals surface area contributed by atoms with E-state index >= 15 is 0 Å². The number of fused-ring (bicyclic) bond motifs is 1. The van der Waals surface area contributed by atoms with Gasteiger partial charge < -0.3 is 19.5 Å². The zero-order chi connectivity index (χ0) is 20.2. The van der Waals surface area contributed by atoms with Gasteiger partial charge in [-0.3, -0.25) is 9.59 Å². The summed E-state index contributed by atoms with van der Waals surface area (Å²) in [5, 5.41) is 2.73. The zero-order valence-electron chi connectivity index (χ0n) is 16.3. The highest BCUT2D eigenvalue weighted by atomic mass is 16.6. The van der Waals surface area contributed by atoms with Gasteiger partial charge in [-0.2, -0.15) is 0 Å². The maximum Gasteiger partial charge on any atom is 0.407 e. The van der Waals surface area contributed by atoms with Crippen molar-refractivity contribution in [1.82, 2.24) is 14.8 Å². The van der Waals surface area contributed by atoms with Gasteiger partial charge in [0.2, 0.25) is 5.56 Å². The molecule has 3 aliphatic rings. The molecule has 1 atom stereocenters. The minimum Gasteiger partial charge on any atom is -0.441 e. The Bertz CT molecular complexity index is 1050.